The number of rotatable bonds is 4. The van der Waals surface area contributed by atoms with E-state index in [1.165, 1.54) is 0 Å². The molecule has 2 heterocycles. The molecule has 5 nitrogen and oxygen atoms in total. The van der Waals surface area contributed by atoms with Crippen LogP contribution < -0.4 is 5.32 Å². The van der Waals surface area contributed by atoms with Crippen molar-refractivity contribution in [3.05, 3.63) is 53.9 Å². The zero-order chi connectivity index (χ0) is 14.7. The van der Waals surface area contributed by atoms with Gasteiger partial charge in [-0.05, 0) is 31.0 Å². The lowest BCUT2D eigenvalue weighted by Gasteiger charge is -2.04. The summed E-state index contributed by atoms with van der Waals surface area (Å²) in [6, 6.07) is 11.8. The Morgan fingerprint density at radius 1 is 1.29 bits per heavy atom. The highest BCUT2D eigenvalue weighted by atomic mass is 16.1. The normalized spacial score (nSPS) is 10.7. The molecule has 0 spiro atoms. The van der Waals surface area contributed by atoms with Crippen molar-refractivity contribution in [1.82, 2.24) is 15.2 Å². The Morgan fingerprint density at radius 2 is 2.19 bits per heavy atom. The van der Waals surface area contributed by atoms with Gasteiger partial charge in [0, 0.05) is 29.8 Å². The van der Waals surface area contributed by atoms with Crippen molar-refractivity contribution in [1.29, 1.82) is 0 Å². The van der Waals surface area contributed by atoms with E-state index in [1.54, 1.807) is 12.3 Å². The summed E-state index contributed by atoms with van der Waals surface area (Å²) >= 11 is 0. The first-order chi connectivity index (χ1) is 10.2. The van der Waals surface area contributed by atoms with Gasteiger partial charge in [-0.2, -0.15) is 5.10 Å². The van der Waals surface area contributed by atoms with Crippen LogP contribution in [-0.2, 0) is 11.2 Å². The zero-order valence-corrected chi connectivity index (χ0v) is 11.8. The Labute approximate surface area is 122 Å². The van der Waals surface area contributed by atoms with Crippen LogP contribution in [0.5, 0.6) is 0 Å². The molecule has 1 aromatic carbocycles. The highest BCUT2D eigenvalue weighted by Gasteiger charge is 2.06. The molecule has 5 heteroatoms. The first-order valence-corrected chi connectivity index (χ1v) is 6.86. The largest absolute Gasteiger partial charge is 0.309 e. The molecule has 0 fully saturated rings. The number of hydrogen-bond donors (Lipinski definition) is 2. The van der Waals surface area contributed by atoms with Crippen molar-refractivity contribution in [3.63, 3.8) is 0 Å². The van der Waals surface area contributed by atoms with Gasteiger partial charge >= 0.3 is 0 Å². The molecule has 3 rings (SSSR count). The van der Waals surface area contributed by atoms with Gasteiger partial charge in [0.05, 0.1) is 5.52 Å². The summed E-state index contributed by atoms with van der Waals surface area (Å²) in [5.41, 5.74) is 2.98. The maximum atomic E-state index is 11.9. The minimum absolute atomic E-state index is 0.0392. The van der Waals surface area contributed by atoms with Crippen molar-refractivity contribution in [2.45, 2.75) is 19.8 Å². The van der Waals surface area contributed by atoms with E-state index in [2.05, 4.69) is 20.5 Å². The minimum atomic E-state index is -0.0392. The number of benzene rings is 1. The Balaban J connectivity index is 1.61. The van der Waals surface area contributed by atoms with Crippen LogP contribution >= 0.6 is 0 Å². The van der Waals surface area contributed by atoms with Gasteiger partial charge in [-0.15, -0.1) is 0 Å². The topological polar surface area (TPSA) is 70.7 Å². The minimum Gasteiger partial charge on any atom is -0.309 e. The van der Waals surface area contributed by atoms with Crippen molar-refractivity contribution >= 4 is 22.6 Å². The molecule has 0 aliphatic heterocycles. The van der Waals surface area contributed by atoms with E-state index < -0.39 is 0 Å². The molecule has 2 N–H and O–H groups in total. The number of aromatic nitrogens is 3. The fourth-order valence-electron chi connectivity index (χ4n) is 2.21. The van der Waals surface area contributed by atoms with Gasteiger partial charge in [-0.25, -0.2) is 0 Å². The highest BCUT2D eigenvalue weighted by Crippen LogP contribution is 2.14. The lowest BCUT2D eigenvalue weighted by molar-refractivity contribution is -0.116. The number of nitrogens with one attached hydrogen (secondary N) is 2. The average Bonchev–Trinajstić information content (AvgIpc) is 2.90. The van der Waals surface area contributed by atoms with Crippen LogP contribution in [0.15, 0.2) is 42.6 Å². The third kappa shape index (κ3) is 3.25. The molecule has 0 unspecified atom stereocenters. The monoisotopic (exact) mass is 280 g/mol. The predicted molar refractivity (Wildman–Crippen MR) is 82.0 cm³/mol. The third-order valence-electron chi connectivity index (χ3n) is 3.28. The van der Waals surface area contributed by atoms with Crippen LogP contribution in [-0.4, -0.2) is 21.1 Å². The zero-order valence-electron chi connectivity index (χ0n) is 11.8. The van der Waals surface area contributed by atoms with Crippen molar-refractivity contribution in [2.75, 3.05) is 5.32 Å². The number of hydrogen-bond acceptors (Lipinski definition) is 3. The van der Waals surface area contributed by atoms with Gasteiger partial charge in [0.15, 0.2) is 5.82 Å². The van der Waals surface area contributed by atoms with Crippen molar-refractivity contribution in [2.24, 2.45) is 0 Å². The van der Waals surface area contributed by atoms with Crippen molar-refractivity contribution in [3.8, 4) is 0 Å². The highest BCUT2D eigenvalue weighted by molar-refractivity contribution is 5.90. The number of pyridine rings is 1. The molecular formula is C16H16N4O. The molecular weight excluding hydrogens is 264 g/mol. The van der Waals surface area contributed by atoms with Crippen LogP contribution in [0.3, 0.4) is 0 Å². The maximum absolute atomic E-state index is 11.9. The molecule has 0 aliphatic rings. The van der Waals surface area contributed by atoms with E-state index in [4.69, 9.17) is 0 Å². The summed E-state index contributed by atoms with van der Waals surface area (Å²) in [6.45, 7) is 1.89. The van der Waals surface area contributed by atoms with Crippen LogP contribution in [0, 0.1) is 6.92 Å². The van der Waals surface area contributed by atoms with E-state index in [9.17, 15) is 4.79 Å². The summed E-state index contributed by atoms with van der Waals surface area (Å²) in [7, 11) is 0. The lowest BCUT2D eigenvalue weighted by atomic mass is 10.1. The molecule has 106 valence electrons. The molecule has 0 bridgehead atoms. The van der Waals surface area contributed by atoms with E-state index in [0.29, 0.717) is 18.7 Å². The molecule has 0 atom stereocenters. The van der Waals surface area contributed by atoms with Gasteiger partial charge in [-0.3, -0.25) is 14.9 Å². The number of carbonyl (C=O) groups excluding carboxylic acids is 1. The number of anilines is 1. The number of aryl methyl sites for hydroxylation is 2. The number of nitrogens with zero attached hydrogens (tertiary/aromatic N) is 2. The first-order valence-electron chi connectivity index (χ1n) is 6.86. The summed E-state index contributed by atoms with van der Waals surface area (Å²) in [5, 5.41) is 10.7. The van der Waals surface area contributed by atoms with E-state index in [-0.39, 0.29) is 5.91 Å². The predicted octanol–water partition coefficient (Wildman–Crippen LogP) is 2.84. The first kappa shape index (κ1) is 13.3. The summed E-state index contributed by atoms with van der Waals surface area (Å²) < 4.78 is 0. The van der Waals surface area contributed by atoms with Crippen LogP contribution in [0.2, 0.25) is 0 Å². The smallest absolute Gasteiger partial charge is 0.225 e. The van der Waals surface area contributed by atoms with Crippen LogP contribution in [0.4, 0.5) is 5.82 Å². The Morgan fingerprint density at radius 3 is 3.00 bits per heavy atom. The molecule has 0 saturated carbocycles. The second-order valence-corrected chi connectivity index (χ2v) is 5.01. The lowest BCUT2D eigenvalue weighted by Crippen LogP contribution is -2.12. The summed E-state index contributed by atoms with van der Waals surface area (Å²) in [5.74, 6) is 0.528. The fraction of sp³-hybridized carbons (Fsp3) is 0.188. The number of H-pyrrole nitrogens is 1. The second-order valence-electron chi connectivity index (χ2n) is 5.01. The third-order valence-corrected chi connectivity index (χ3v) is 3.28. The standard InChI is InChI=1S/C16H16N4O/c1-11-9-15(20-19-11)18-16(21)7-5-12-4-6-13-3-2-8-17-14(13)10-12/h2-4,6,8-10H,5,7H2,1H3,(H2,18,19,20,21). The van der Waals surface area contributed by atoms with Gasteiger partial charge in [-0.1, -0.05) is 18.2 Å². The SMILES string of the molecule is Cc1cc(NC(=O)CCc2ccc3cccnc3c2)n[nH]1. The summed E-state index contributed by atoms with van der Waals surface area (Å²) in [4.78, 5) is 16.2. The molecule has 0 radical (unpaired) electrons. The van der Waals surface area contributed by atoms with E-state index in [1.807, 2.05) is 37.3 Å². The Kier molecular flexibility index (Phi) is 3.64. The molecule has 2 aromatic heterocycles. The van der Waals surface area contributed by atoms with E-state index >= 15 is 0 Å². The second kappa shape index (κ2) is 5.75. The maximum Gasteiger partial charge on any atom is 0.225 e. The van der Waals surface area contributed by atoms with Crippen LogP contribution in [0.25, 0.3) is 10.9 Å². The fourth-order valence-corrected chi connectivity index (χ4v) is 2.21. The van der Waals surface area contributed by atoms with Gasteiger partial charge < -0.3 is 5.32 Å². The van der Waals surface area contributed by atoms with Crippen LogP contribution in [0.1, 0.15) is 17.7 Å². The molecule has 1 amide bonds. The summed E-state index contributed by atoms with van der Waals surface area (Å²) in [6.07, 6.45) is 2.88. The number of amides is 1. The number of carbonyl (C=O) groups is 1. The molecule has 21 heavy (non-hydrogen) atoms. The Bertz CT molecular complexity index is 779. The van der Waals surface area contributed by atoms with Gasteiger partial charge in [0.1, 0.15) is 0 Å². The Hall–Kier alpha value is -2.69. The molecule has 3 aromatic rings. The molecule has 0 saturated heterocycles. The van der Waals surface area contributed by atoms with Gasteiger partial charge in [0.2, 0.25) is 5.91 Å². The molecule has 0 aliphatic carbocycles. The quantitative estimate of drug-likeness (QED) is 0.772. The van der Waals surface area contributed by atoms with Crippen molar-refractivity contribution < 1.29 is 4.79 Å². The van der Waals surface area contributed by atoms with E-state index in [0.717, 1.165) is 22.2 Å². The number of fused-ring (bicyclic) bond motifs is 1. The average molecular weight is 280 g/mol. The number of aromatic amines is 1. The van der Waals surface area contributed by atoms with Gasteiger partial charge in [0.25, 0.3) is 0 Å².